The van der Waals surface area contributed by atoms with Crippen LogP contribution in [0.2, 0.25) is 0 Å². The average molecular weight is 190 g/mol. The minimum atomic E-state index is 1.34. The number of rotatable bonds is 3. The van der Waals surface area contributed by atoms with Gasteiger partial charge in [0.15, 0.2) is 0 Å². The summed E-state index contributed by atoms with van der Waals surface area (Å²) in [6.07, 6.45) is 18.9. The van der Waals surface area contributed by atoms with E-state index in [9.17, 15) is 0 Å². The lowest BCUT2D eigenvalue weighted by molar-refractivity contribution is 0.644. The molecule has 0 heterocycles. The van der Waals surface area contributed by atoms with Gasteiger partial charge in [-0.25, -0.2) is 0 Å². The van der Waals surface area contributed by atoms with Crippen molar-refractivity contribution >= 4 is 0 Å². The normalized spacial score (nSPS) is 22.9. The van der Waals surface area contributed by atoms with E-state index >= 15 is 0 Å². The molecule has 0 aliphatic heterocycles. The summed E-state index contributed by atoms with van der Waals surface area (Å²) in [6, 6.07) is 0. The monoisotopic (exact) mass is 190 g/mol. The van der Waals surface area contributed by atoms with Crippen LogP contribution in [-0.4, -0.2) is 0 Å². The Morgan fingerprint density at radius 2 is 1.21 bits per heavy atom. The molecule has 0 radical (unpaired) electrons. The Morgan fingerprint density at radius 3 is 1.57 bits per heavy atom. The molecule has 0 unspecified atom stereocenters. The van der Waals surface area contributed by atoms with E-state index in [-0.39, 0.29) is 0 Å². The number of allylic oxidation sites excluding steroid dienone is 4. The molecule has 0 amide bonds. The third-order valence-electron chi connectivity index (χ3n) is 3.54. The van der Waals surface area contributed by atoms with Crippen molar-refractivity contribution in [3.05, 3.63) is 23.3 Å². The SMILES string of the molecule is C1=C(CCC2=CCCCC2)CCCC1. The summed E-state index contributed by atoms with van der Waals surface area (Å²) >= 11 is 0. The molecule has 0 atom stereocenters. The predicted octanol–water partition coefficient (Wildman–Crippen LogP) is 4.77. The highest BCUT2D eigenvalue weighted by Gasteiger charge is 2.07. The van der Waals surface area contributed by atoms with E-state index in [0.717, 1.165) is 0 Å². The van der Waals surface area contributed by atoms with Crippen molar-refractivity contribution in [2.75, 3.05) is 0 Å². The molecule has 0 N–H and O–H groups in total. The van der Waals surface area contributed by atoms with Crippen LogP contribution in [0.1, 0.15) is 64.2 Å². The number of hydrogen-bond acceptors (Lipinski definition) is 0. The fourth-order valence-corrected chi connectivity index (χ4v) is 2.58. The van der Waals surface area contributed by atoms with Crippen molar-refractivity contribution in [2.45, 2.75) is 64.2 Å². The summed E-state index contributed by atoms with van der Waals surface area (Å²) in [5.41, 5.74) is 3.48. The van der Waals surface area contributed by atoms with E-state index in [1.807, 2.05) is 0 Å². The third-order valence-corrected chi connectivity index (χ3v) is 3.54. The summed E-state index contributed by atoms with van der Waals surface area (Å²) in [7, 11) is 0. The Hall–Kier alpha value is -0.520. The van der Waals surface area contributed by atoms with E-state index < -0.39 is 0 Å². The Labute approximate surface area is 88.1 Å². The first-order chi connectivity index (χ1) is 6.95. The van der Waals surface area contributed by atoms with Crippen LogP contribution >= 0.6 is 0 Å². The van der Waals surface area contributed by atoms with Crippen LogP contribution in [0, 0.1) is 0 Å². The second-order valence-electron chi connectivity index (χ2n) is 4.72. The van der Waals surface area contributed by atoms with Gasteiger partial charge in [-0.15, -0.1) is 0 Å². The molecule has 0 aromatic rings. The third kappa shape index (κ3) is 3.01. The average Bonchev–Trinajstić information content (AvgIpc) is 2.29. The van der Waals surface area contributed by atoms with Gasteiger partial charge in [0.1, 0.15) is 0 Å². The largest absolute Gasteiger partial charge is 0.0853 e. The molecule has 2 rings (SSSR count). The van der Waals surface area contributed by atoms with E-state index in [1.54, 1.807) is 11.1 Å². The van der Waals surface area contributed by atoms with Crippen molar-refractivity contribution in [1.29, 1.82) is 0 Å². The first-order valence-corrected chi connectivity index (χ1v) is 6.31. The van der Waals surface area contributed by atoms with E-state index in [1.165, 1.54) is 64.2 Å². The van der Waals surface area contributed by atoms with Crippen LogP contribution in [0.15, 0.2) is 23.3 Å². The van der Waals surface area contributed by atoms with Crippen LogP contribution in [-0.2, 0) is 0 Å². The lowest BCUT2D eigenvalue weighted by atomic mass is 9.91. The summed E-state index contributed by atoms with van der Waals surface area (Å²) in [5, 5.41) is 0. The molecule has 0 nitrogen and oxygen atoms in total. The van der Waals surface area contributed by atoms with Crippen LogP contribution in [0.4, 0.5) is 0 Å². The predicted molar refractivity (Wildman–Crippen MR) is 62.3 cm³/mol. The maximum Gasteiger partial charge on any atom is -0.0283 e. The zero-order valence-electron chi connectivity index (χ0n) is 9.23. The molecule has 0 bridgehead atoms. The van der Waals surface area contributed by atoms with Gasteiger partial charge in [-0.3, -0.25) is 0 Å². The first-order valence-electron chi connectivity index (χ1n) is 6.31. The van der Waals surface area contributed by atoms with Crippen molar-refractivity contribution < 1.29 is 0 Å². The first kappa shape index (κ1) is 10.0. The Morgan fingerprint density at radius 1 is 0.714 bits per heavy atom. The molecule has 2 aliphatic carbocycles. The highest BCUT2D eigenvalue weighted by molar-refractivity contribution is 5.11. The molecule has 0 saturated heterocycles. The maximum atomic E-state index is 2.49. The second-order valence-corrected chi connectivity index (χ2v) is 4.72. The quantitative estimate of drug-likeness (QED) is 0.562. The fraction of sp³-hybridized carbons (Fsp3) is 0.714. The minimum Gasteiger partial charge on any atom is -0.0853 e. The smallest absolute Gasteiger partial charge is 0.0283 e. The van der Waals surface area contributed by atoms with E-state index in [4.69, 9.17) is 0 Å². The molecule has 78 valence electrons. The Kier molecular flexibility index (Phi) is 3.85. The van der Waals surface area contributed by atoms with Crippen LogP contribution in [0.3, 0.4) is 0 Å². The summed E-state index contributed by atoms with van der Waals surface area (Å²) in [5.74, 6) is 0. The van der Waals surface area contributed by atoms with Gasteiger partial charge in [-0.2, -0.15) is 0 Å². The molecule has 0 aromatic carbocycles. The zero-order valence-corrected chi connectivity index (χ0v) is 9.23. The van der Waals surface area contributed by atoms with Crippen LogP contribution in [0.25, 0.3) is 0 Å². The van der Waals surface area contributed by atoms with Gasteiger partial charge < -0.3 is 0 Å². The summed E-state index contributed by atoms with van der Waals surface area (Å²) in [6.45, 7) is 0. The maximum absolute atomic E-state index is 2.49. The topological polar surface area (TPSA) is 0 Å². The lowest BCUT2D eigenvalue weighted by Gasteiger charge is -2.16. The highest BCUT2D eigenvalue weighted by Crippen LogP contribution is 2.26. The molecular weight excluding hydrogens is 168 g/mol. The van der Waals surface area contributed by atoms with Gasteiger partial charge >= 0.3 is 0 Å². The van der Waals surface area contributed by atoms with E-state index in [2.05, 4.69) is 12.2 Å². The van der Waals surface area contributed by atoms with Gasteiger partial charge in [-0.1, -0.05) is 23.3 Å². The van der Waals surface area contributed by atoms with Crippen molar-refractivity contribution in [1.82, 2.24) is 0 Å². The summed E-state index contributed by atoms with van der Waals surface area (Å²) in [4.78, 5) is 0. The van der Waals surface area contributed by atoms with Gasteiger partial charge in [-0.05, 0) is 64.2 Å². The highest BCUT2D eigenvalue weighted by atomic mass is 14.1. The van der Waals surface area contributed by atoms with Crippen LogP contribution < -0.4 is 0 Å². The van der Waals surface area contributed by atoms with Gasteiger partial charge in [0, 0.05) is 0 Å². The van der Waals surface area contributed by atoms with Gasteiger partial charge in [0.05, 0.1) is 0 Å². The second kappa shape index (κ2) is 5.38. The fourth-order valence-electron chi connectivity index (χ4n) is 2.58. The molecule has 14 heavy (non-hydrogen) atoms. The Balaban J connectivity index is 1.75. The van der Waals surface area contributed by atoms with Crippen molar-refractivity contribution in [3.63, 3.8) is 0 Å². The lowest BCUT2D eigenvalue weighted by Crippen LogP contribution is -1.96. The molecule has 0 aromatic heterocycles. The van der Waals surface area contributed by atoms with Crippen molar-refractivity contribution in [3.8, 4) is 0 Å². The molecule has 0 spiro atoms. The molecular formula is C14H22. The number of hydrogen-bond donors (Lipinski definition) is 0. The van der Waals surface area contributed by atoms with Crippen molar-refractivity contribution in [2.24, 2.45) is 0 Å². The molecule has 0 fully saturated rings. The summed E-state index contributed by atoms with van der Waals surface area (Å²) < 4.78 is 0. The minimum absolute atomic E-state index is 1.34. The van der Waals surface area contributed by atoms with E-state index in [0.29, 0.717) is 0 Å². The molecule has 0 saturated carbocycles. The zero-order chi connectivity index (χ0) is 9.64. The standard InChI is InChI=1S/C14H22/c1-3-7-13(8-4-1)11-12-14-9-5-2-6-10-14/h7,9H,1-6,8,10-12H2. The van der Waals surface area contributed by atoms with Gasteiger partial charge in [0.25, 0.3) is 0 Å². The van der Waals surface area contributed by atoms with Crippen LogP contribution in [0.5, 0.6) is 0 Å². The Bertz CT molecular complexity index is 206. The molecule has 0 heteroatoms. The molecule has 2 aliphatic rings. The van der Waals surface area contributed by atoms with Gasteiger partial charge in [0.2, 0.25) is 0 Å².